The molecule has 1 nitrogen and oxygen atoms in total. The first-order valence-corrected chi connectivity index (χ1v) is 5.99. The second-order valence-electron chi connectivity index (χ2n) is 3.01. The van der Waals surface area contributed by atoms with Crippen molar-refractivity contribution in [1.29, 1.82) is 0 Å². The number of rotatable bonds is 2. The number of alkyl halides is 1. The van der Waals surface area contributed by atoms with Crippen LogP contribution in [0.5, 0.6) is 0 Å². The lowest BCUT2D eigenvalue weighted by Gasteiger charge is -2.27. The first-order valence-electron chi connectivity index (χ1n) is 4.20. The van der Waals surface area contributed by atoms with Crippen LogP contribution in [-0.2, 0) is 4.87 Å². The highest BCUT2D eigenvalue weighted by Gasteiger charge is 2.34. The van der Waals surface area contributed by atoms with Crippen LogP contribution in [0.15, 0.2) is 35.9 Å². The van der Waals surface area contributed by atoms with E-state index in [2.05, 4.69) is 5.32 Å². The maximum absolute atomic E-state index is 6.13. The fourth-order valence-electron chi connectivity index (χ4n) is 1.42. The SMILES string of the molecule is ClCC1(c2ccccc2Cl)NC=CS1. The van der Waals surface area contributed by atoms with Crippen LogP contribution in [0.3, 0.4) is 0 Å². The normalized spacial score (nSPS) is 25.0. The lowest BCUT2D eigenvalue weighted by Crippen LogP contribution is -2.34. The quantitative estimate of drug-likeness (QED) is 0.801. The minimum absolute atomic E-state index is 0.292. The van der Waals surface area contributed by atoms with Gasteiger partial charge in [-0.15, -0.1) is 11.6 Å². The van der Waals surface area contributed by atoms with Crippen LogP contribution in [0, 0.1) is 0 Å². The van der Waals surface area contributed by atoms with Crippen LogP contribution < -0.4 is 5.32 Å². The van der Waals surface area contributed by atoms with Crippen molar-refractivity contribution in [2.24, 2.45) is 0 Å². The largest absolute Gasteiger partial charge is 0.371 e. The highest BCUT2D eigenvalue weighted by atomic mass is 35.5. The summed E-state index contributed by atoms with van der Waals surface area (Å²) in [6.45, 7) is 0. The topological polar surface area (TPSA) is 12.0 Å². The molecule has 0 spiro atoms. The number of hydrogen-bond acceptors (Lipinski definition) is 2. The van der Waals surface area contributed by atoms with Crippen molar-refractivity contribution in [3.63, 3.8) is 0 Å². The molecule has 1 aliphatic heterocycles. The summed E-state index contributed by atoms with van der Waals surface area (Å²) in [5.74, 6) is 0.481. The van der Waals surface area contributed by atoms with Crippen molar-refractivity contribution in [3.05, 3.63) is 46.5 Å². The van der Waals surface area contributed by atoms with E-state index in [1.165, 1.54) is 0 Å². The predicted molar refractivity (Wildman–Crippen MR) is 63.7 cm³/mol. The molecule has 0 bridgehead atoms. The summed E-state index contributed by atoms with van der Waals surface area (Å²) in [4.78, 5) is -0.292. The summed E-state index contributed by atoms with van der Waals surface area (Å²) in [6, 6.07) is 7.76. The van der Waals surface area contributed by atoms with Crippen LogP contribution in [0.4, 0.5) is 0 Å². The molecule has 0 amide bonds. The van der Waals surface area contributed by atoms with E-state index < -0.39 is 0 Å². The van der Waals surface area contributed by atoms with Crippen LogP contribution >= 0.6 is 35.0 Å². The lowest BCUT2D eigenvalue weighted by atomic mass is 10.1. The first kappa shape index (κ1) is 10.2. The summed E-state index contributed by atoms with van der Waals surface area (Å²) in [5.41, 5.74) is 1.03. The molecule has 0 aliphatic carbocycles. The molecule has 1 aliphatic rings. The number of nitrogens with one attached hydrogen (secondary N) is 1. The van der Waals surface area contributed by atoms with Gasteiger partial charge in [0.05, 0.1) is 5.88 Å². The first-order chi connectivity index (χ1) is 6.78. The van der Waals surface area contributed by atoms with E-state index in [4.69, 9.17) is 23.2 Å². The zero-order chi connectivity index (χ0) is 10.0. The third-order valence-electron chi connectivity index (χ3n) is 2.15. The number of halogens is 2. The lowest BCUT2D eigenvalue weighted by molar-refractivity contribution is 0.639. The molecule has 74 valence electrons. The Morgan fingerprint density at radius 2 is 2.14 bits per heavy atom. The van der Waals surface area contributed by atoms with Crippen molar-refractivity contribution in [2.75, 3.05) is 5.88 Å². The Morgan fingerprint density at radius 1 is 1.36 bits per heavy atom. The monoisotopic (exact) mass is 245 g/mol. The summed E-state index contributed by atoms with van der Waals surface area (Å²) in [6.07, 6.45) is 1.90. The molecule has 1 atom stereocenters. The smallest absolute Gasteiger partial charge is 0.128 e. The van der Waals surface area contributed by atoms with Crippen molar-refractivity contribution in [1.82, 2.24) is 5.32 Å². The van der Waals surface area contributed by atoms with Gasteiger partial charge in [0.1, 0.15) is 4.87 Å². The molecule has 0 aromatic heterocycles. The fraction of sp³-hybridized carbons (Fsp3) is 0.200. The molecule has 4 heteroatoms. The molecule has 14 heavy (non-hydrogen) atoms. The van der Waals surface area contributed by atoms with Gasteiger partial charge in [0.2, 0.25) is 0 Å². The van der Waals surface area contributed by atoms with Crippen molar-refractivity contribution in [2.45, 2.75) is 4.87 Å². The Labute approximate surface area is 97.5 Å². The predicted octanol–water partition coefficient (Wildman–Crippen LogP) is 3.54. The maximum atomic E-state index is 6.13. The standard InChI is InChI=1S/C10H9Cl2NS/c11-7-10(13-5-6-14-10)8-3-1-2-4-9(8)12/h1-6,13H,7H2. The molecule has 1 heterocycles. The molecule has 1 aromatic carbocycles. The average molecular weight is 246 g/mol. The van der Waals surface area contributed by atoms with E-state index in [-0.39, 0.29) is 4.87 Å². The highest BCUT2D eigenvalue weighted by Crippen LogP contribution is 2.42. The summed E-state index contributed by atoms with van der Waals surface area (Å²) < 4.78 is 0. The van der Waals surface area contributed by atoms with Crippen molar-refractivity contribution >= 4 is 35.0 Å². The number of thioether (sulfide) groups is 1. The zero-order valence-electron chi connectivity index (χ0n) is 7.34. The van der Waals surface area contributed by atoms with Crippen molar-refractivity contribution < 1.29 is 0 Å². The molecule has 0 saturated carbocycles. The minimum atomic E-state index is -0.292. The van der Waals surface area contributed by atoms with E-state index >= 15 is 0 Å². The Kier molecular flexibility index (Phi) is 2.96. The second kappa shape index (κ2) is 4.05. The number of hydrogen-bond donors (Lipinski definition) is 1. The summed E-state index contributed by atoms with van der Waals surface area (Å²) in [5, 5.41) is 5.98. The Hall–Kier alpha value is -0.310. The molecule has 1 aromatic rings. The van der Waals surface area contributed by atoms with Crippen LogP contribution in [0.25, 0.3) is 0 Å². The van der Waals surface area contributed by atoms with Gasteiger partial charge in [0.15, 0.2) is 0 Å². The summed E-state index contributed by atoms with van der Waals surface area (Å²) >= 11 is 13.8. The fourth-order valence-corrected chi connectivity index (χ4v) is 3.06. The molecule has 0 fully saturated rings. The Bertz CT molecular complexity index is 357. The zero-order valence-corrected chi connectivity index (χ0v) is 9.66. The van der Waals surface area contributed by atoms with E-state index in [0.717, 1.165) is 10.6 Å². The second-order valence-corrected chi connectivity index (χ2v) is 4.88. The molecular weight excluding hydrogens is 237 g/mol. The van der Waals surface area contributed by atoms with Gasteiger partial charge in [-0.05, 0) is 11.5 Å². The van der Waals surface area contributed by atoms with Gasteiger partial charge in [0.25, 0.3) is 0 Å². The molecule has 1 N–H and O–H groups in total. The van der Waals surface area contributed by atoms with Crippen molar-refractivity contribution in [3.8, 4) is 0 Å². The van der Waals surface area contributed by atoms with Crippen LogP contribution in [0.1, 0.15) is 5.56 Å². The van der Waals surface area contributed by atoms with Crippen LogP contribution in [0.2, 0.25) is 5.02 Å². The molecule has 2 rings (SSSR count). The van der Waals surface area contributed by atoms with E-state index in [0.29, 0.717) is 5.88 Å². The third kappa shape index (κ3) is 1.62. The van der Waals surface area contributed by atoms with Gasteiger partial charge >= 0.3 is 0 Å². The van der Waals surface area contributed by atoms with Gasteiger partial charge in [-0.3, -0.25) is 0 Å². The Balaban J connectivity index is 2.42. The minimum Gasteiger partial charge on any atom is -0.371 e. The number of benzene rings is 1. The van der Waals surface area contributed by atoms with Gasteiger partial charge in [0, 0.05) is 16.8 Å². The molecule has 0 radical (unpaired) electrons. The van der Waals surface area contributed by atoms with Gasteiger partial charge < -0.3 is 5.32 Å². The van der Waals surface area contributed by atoms with E-state index in [9.17, 15) is 0 Å². The molecular formula is C10H9Cl2NS. The van der Waals surface area contributed by atoms with Gasteiger partial charge in [-0.25, -0.2) is 0 Å². The third-order valence-corrected chi connectivity index (χ3v) is 4.20. The molecule has 0 saturated heterocycles. The maximum Gasteiger partial charge on any atom is 0.128 e. The van der Waals surface area contributed by atoms with E-state index in [1.807, 2.05) is 35.9 Å². The van der Waals surface area contributed by atoms with Crippen LogP contribution in [-0.4, -0.2) is 5.88 Å². The Morgan fingerprint density at radius 3 is 2.71 bits per heavy atom. The average Bonchev–Trinajstić information content (AvgIpc) is 2.68. The van der Waals surface area contributed by atoms with E-state index in [1.54, 1.807) is 11.8 Å². The van der Waals surface area contributed by atoms with Gasteiger partial charge in [-0.2, -0.15) is 0 Å². The molecule has 1 unspecified atom stereocenters. The van der Waals surface area contributed by atoms with Gasteiger partial charge in [-0.1, -0.05) is 41.6 Å². The summed E-state index contributed by atoms with van der Waals surface area (Å²) in [7, 11) is 0. The highest BCUT2D eigenvalue weighted by molar-refractivity contribution is 8.03.